The lowest BCUT2D eigenvalue weighted by atomic mass is 9.95. The number of rotatable bonds is 5. The fraction of sp³-hybridized carbons (Fsp3) is 0.368. The number of carbonyl (C=O) groups excluding carboxylic acids is 2. The number of ether oxygens (including phenoxy) is 1. The number of hydrogen-bond donors (Lipinski definition) is 1. The number of benzene rings is 1. The summed E-state index contributed by atoms with van der Waals surface area (Å²) in [6.07, 6.45) is -0.752. The number of likely N-dealkylation sites (tertiary alicyclic amines) is 1. The maximum Gasteiger partial charge on any atom is 0.422 e. The van der Waals surface area contributed by atoms with E-state index in [1.54, 1.807) is 17.0 Å². The third-order valence-corrected chi connectivity index (χ3v) is 4.46. The molecule has 3 rings (SSSR count). The lowest BCUT2D eigenvalue weighted by Crippen LogP contribution is -2.41. The molecule has 1 aromatic heterocycles. The number of piperidine rings is 1. The highest BCUT2D eigenvalue weighted by molar-refractivity contribution is 5.95. The maximum absolute atomic E-state index is 12.5. The minimum Gasteiger partial charge on any atom is -0.482 e. The second-order valence-corrected chi connectivity index (χ2v) is 6.47. The fourth-order valence-corrected chi connectivity index (χ4v) is 3.00. The van der Waals surface area contributed by atoms with E-state index in [0.29, 0.717) is 31.5 Å². The van der Waals surface area contributed by atoms with Crippen LogP contribution in [0.3, 0.4) is 0 Å². The molecule has 1 fully saturated rings. The summed E-state index contributed by atoms with van der Waals surface area (Å²) in [6.45, 7) is -0.614. The standard InChI is InChI=1S/C19H19F3N2O4/c20-19(21,22)12-28-16-4-2-1-3-15(16)23-17(25)13-5-8-24(9-6-13)18(26)14-7-10-27-11-14/h1-4,7,10-11,13H,5-6,8-9,12H2,(H,23,25). The van der Waals surface area contributed by atoms with Gasteiger partial charge < -0.3 is 19.4 Å². The summed E-state index contributed by atoms with van der Waals surface area (Å²) in [4.78, 5) is 26.4. The summed E-state index contributed by atoms with van der Waals surface area (Å²) in [5.41, 5.74) is 0.646. The average Bonchev–Trinajstić information content (AvgIpc) is 3.21. The molecule has 0 unspecified atom stereocenters. The van der Waals surface area contributed by atoms with Crippen LogP contribution in [0, 0.1) is 5.92 Å². The number of nitrogens with zero attached hydrogens (tertiary/aromatic N) is 1. The van der Waals surface area contributed by atoms with Gasteiger partial charge in [0.25, 0.3) is 5.91 Å². The van der Waals surface area contributed by atoms with Crippen LogP contribution in [0.2, 0.25) is 0 Å². The van der Waals surface area contributed by atoms with Crippen LogP contribution in [0.1, 0.15) is 23.2 Å². The summed E-state index contributed by atoms with van der Waals surface area (Å²) in [5, 5.41) is 2.64. The van der Waals surface area contributed by atoms with Crippen molar-refractivity contribution in [1.82, 2.24) is 4.90 Å². The minimum absolute atomic E-state index is 0.0410. The highest BCUT2D eigenvalue weighted by Gasteiger charge is 2.30. The smallest absolute Gasteiger partial charge is 0.422 e. The highest BCUT2D eigenvalue weighted by Crippen LogP contribution is 2.28. The van der Waals surface area contributed by atoms with E-state index in [0.717, 1.165) is 0 Å². The molecule has 2 aromatic rings. The number of alkyl halides is 3. The Morgan fingerprint density at radius 3 is 2.54 bits per heavy atom. The molecule has 0 bridgehead atoms. The largest absolute Gasteiger partial charge is 0.482 e. The molecule has 150 valence electrons. The van der Waals surface area contributed by atoms with Crippen molar-refractivity contribution in [2.24, 2.45) is 5.92 Å². The third kappa shape index (κ3) is 5.05. The van der Waals surface area contributed by atoms with Crippen LogP contribution >= 0.6 is 0 Å². The molecule has 6 nitrogen and oxygen atoms in total. The molecule has 1 aliphatic heterocycles. The summed E-state index contributed by atoms with van der Waals surface area (Å²) in [7, 11) is 0. The average molecular weight is 396 g/mol. The van der Waals surface area contributed by atoms with Gasteiger partial charge in [0.1, 0.15) is 12.0 Å². The van der Waals surface area contributed by atoms with Gasteiger partial charge in [0.2, 0.25) is 5.91 Å². The molecule has 1 N–H and O–H groups in total. The summed E-state index contributed by atoms with van der Waals surface area (Å²) in [5.74, 6) is -0.846. The van der Waals surface area contributed by atoms with Crippen LogP contribution in [0.15, 0.2) is 47.3 Å². The zero-order valence-electron chi connectivity index (χ0n) is 14.9. The van der Waals surface area contributed by atoms with Gasteiger partial charge in [-0.1, -0.05) is 12.1 Å². The van der Waals surface area contributed by atoms with Crippen LogP contribution in [-0.4, -0.2) is 42.6 Å². The number of amides is 2. The Morgan fingerprint density at radius 1 is 1.18 bits per heavy atom. The van der Waals surface area contributed by atoms with E-state index in [-0.39, 0.29) is 29.2 Å². The van der Waals surface area contributed by atoms with Crippen LogP contribution in [0.4, 0.5) is 18.9 Å². The van der Waals surface area contributed by atoms with Gasteiger partial charge in [0.15, 0.2) is 6.61 Å². The number of halogens is 3. The number of nitrogens with one attached hydrogen (secondary N) is 1. The number of anilines is 1. The Balaban J connectivity index is 1.56. The van der Waals surface area contributed by atoms with Crippen molar-refractivity contribution in [1.29, 1.82) is 0 Å². The van der Waals surface area contributed by atoms with Crippen molar-refractivity contribution in [3.05, 3.63) is 48.4 Å². The first-order chi connectivity index (χ1) is 13.3. The Labute approximate surface area is 159 Å². The van der Waals surface area contributed by atoms with E-state index in [1.807, 2.05) is 0 Å². The third-order valence-electron chi connectivity index (χ3n) is 4.46. The predicted molar refractivity (Wildman–Crippen MR) is 94.0 cm³/mol. The molecule has 2 heterocycles. The monoisotopic (exact) mass is 396 g/mol. The van der Waals surface area contributed by atoms with Gasteiger partial charge in [-0.05, 0) is 31.0 Å². The summed E-state index contributed by atoms with van der Waals surface area (Å²) < 4.78 is 46.8. The molecule has 0 radical (unpaired) electrons. The van der Waals surface area contributed by atoms with Crippen LogP contribution in [0.5, 0.6) is 5.75 Å². The predicted octanol–water partition coefficient (Wildman–Crippen LogP) is 3.71. The summed E-state index contributed by atoms with van der Waals surface area (Å²) >= 11 is 0. The van der Waals surface area contributed by atoms with Crippen LogP contribution in [-0.2, 0) is 4.79 Å². The van der Waals surface area contributed by atoms with Crippen molar-refractivity contribution >= 4 is 17.5 Å². The molecule has 28 heavy (non-hydrogen) atoms. The van der Waals surface area contributed by atoms with Crippen molar-refractivity contribution in [3.8, 4) is 5.75 Å². The molecule has 0 saturated carbocycles. The van der Waals surface area contributed by atoms with Crippen LogP contribution < -0.4 is 10.1 Å². The molecule has 0 aliphatic carbocycles. The second kappa shape index (κ2) is 8.37. The van der Waals surface area contributed by atoms with Gasteiger partial charge in [0, 0.05) is 19.0 Å². The summed E-state index contributed by atoms with van der Waals surface area (Å²) in [6, 6.07) is 7.57. The first-order valence-corrected chi connectivity index (χ1v) is 8.74. The minimum atomic E-state index is -4.47. The molecule has 0 spiro atoms. The first kappa shape index (κ1) is 19.8. The van der Waals surface area contributed by atoms with E-state index in [9.17, 15) is 22.8 Å². The zero-order valence-corrected chi connectivity index (χ0v) is 14.9. The first-order valence-electron chi connectivity index (χ1n) is 8.74. The van der Waals surface area contributed by atoms with Gasteiger partial charge in [-0.25, -0.2) is 0 Å². The molecule has 9 heteroatoms. The molecular weight excluding hydrogens is 377 g/mol. The van der Waals surface area contributed by atoms with Crippen molar-refractivity contribution in [2.45, 2.75) is 19.0 Å². The molecule has 1 aliphatic rings. The van der Waals surface area contributed by atoms with E-state index in [4.69, 9.17) is 9.15 Å². The lowest BCUT2D eigenvalue weighted by molar-refractivity contribution is -0.153. The van der Waals surface area contributed by atoms with Crippen LogP contribution in [0.25, 0.3) is 0 Å². The lowest BCUT2D eigenvalue weighted by Gasteiger charge is -2.31. The van der Waals surface area contributed by atoms with Gasteiger partial charge in [-0.15, -0.1) is 0 Å². The zero-order chi connectivity index (χ0) is 20.1. The Bertz CT molecular complexity index is 813. The number of para-hydroxylation sites is 2. The van der Waals surface area contributed by atoms with E-state index in [1.165, 1.54) is 30.7 Å². The Hall–Kier alpha value is -2.97. The SMILES string of the molecule is O=C(Nc1ccccc1OCC(F)(F)F)C1CCN(C(=O)c2ccoc2)CC1. The topological polar surface area (TPSA) is 71.8 Å². The van der Waals surface area contributed by atoms with Gasteiger partial charge in [-0.3, -0.25) is 9.59 Å². The van der Waals surface area contributed by atoms with Crippen molar-refractivity contribution < 1.29 is 31.9 Å². The number of furan rings is 1. The number of carbonyl (C=O) groups is 2. The highest BCUT2D eigenvalue weighted by atomic mass is 19.4. The van der Waals surface area contributed by atoms with Gasteiger partial charge in [-0.2, -0.15) is 13.2 Å². The quantitative estimate of drug-likeness (QED) is 0.836. The normalized spacial score (nSPS) is 15.3. The Kier molecular flexibility index (Phi) is 5.91. The number of hydrogen-bond acceptors (Lipinski definition) is 4. The van der Waals surface area contributed by atoms with E-state index >= 15 is 0 Å². The van der Waals surface area contributed by atoms with E-state index in [2.05, 4.69) is 5.32 Å². The Morgan fingerprint density at radius 2 is 1.89 bits per heavy atom. The van der Waals surface area contributed by atoms with Crippen molar-refractivity contribution in [3.63, 3.8) is 0 Å². The maximum atomic E-state index is 12.5. The molecule has 0 atom stereocenters. The molecule has 1 aromatic carbocycles. The van der Waals surface area contributed by atoms with Gasteiger partial charge >= 0.3 is 6.18 Å². The molecule has 2 amide bonds. The second-order valence-electron chi connectivity index (χ2n) is 6.47. The fourth-order valence-electron chi connectivity index (χ4n) is 3.00. The molecular formula is C19H19F3N2O4. The van der Waals surface area contributed by atoms with Crippen molar-refractivity contribution in [2.75, 3.05) is 25.0 Å². The molecule has 1 saturated heterocycles. The van der Waals surface area contributed by atoms with E-state index < -0.39 is 12.8 Å². The van der Waals surface area contributed by atoms with Gasteiger partial charge in [0.05, 0.1) is 17.5 Å².